The average Bonchev–Trinajstić information content (AvgIpc) is 2.92. The maximum absolute atomic E-state index is 12.3. The number of nitrogens with two attached hydrogens (primary N) is 1. The van der Waals surface area contributed by atoms with E-state index in [4.69, 9.17) is 10.2 Å². The SMILES string of the molecule is Cc1csc2oc(C(=O)c3ccccc3)c(N)c12. The zero-order valence-electron chi connectivity index (χ0n) is 9.77. The van der Waals surface area contributed by atoms with Crippen molar-refractivity contribution in [1.29, 1.82) is 0 Å². The van der Waals surface area contributed by atoms with Crippen LogP contribution >= 0.6 is 11.3 Å². The smallest absolute Gasteiger partial charge is 0.230 e. The molecule has 0 bridgehead atoms. The van der Waals surface area contributed by atoms with Crippen LogP contribution in [0, 0.1) is 6.92 Å². The number of thiophene rings is 1. The van der Waals surface area contributed by atoms with Crippen molar-refractivity contribution in [3.63, 3.8) is 0 Å². The number of rotatable bonds is 2. The molecule has 2 N–H and O–H groups in total. The Morgan fingerprint density at radius 3 is 2.67 bits per heavy atom. The molecule has 0 aliphatic carbocycles. The molecule has 2 aromatic heterocycles. The minimum atomic E-state index is -0.170. The molecule has 0 unspecified atom stereocenters. The fourth-order valence-corrected chi connectivity index (χ4v) is 2.89. The average molecular weight is 257 g/mol. The third kappa shape index (κ3) is 1.54. The van der Waals surface area contributed by atoms with E-state index in [0.717, 1.165) is 10.9 Å². The number of hydrogen-bond donors (Lipinski definition) is 1. The third-order valence-electron chi connectivity index (χ3n) is 2.89. The molecule has 3 aromatic rings. The Morgan fingerprint density at radius 1 is 1.28 bits per heavy atom. The molecule has 3 nitrogen and oxygen atoms in total. The molecule has 0 aliphatic rings. The van der Waals surface area contributed by atoms with Gasteiger partial charge in [0.25, 0.3) is 0 Å². The van der Waals surface area contributed by atoms with Gasteiger partial charge in [-0.3, -0.25) is 4.79 Å². The molecule has 0 spiro atoms. The zero-order chi connectivity index (χ0) is 12.7. The Labute approximate surface area is 108 Å². The summed E-state index contributed by atoms with van der Waals surface area (Å²) in [6, 6.07) is 9.02. The van der Waals surface area contributed by atoms with Crippen LogP contribution in [-0.2, 0) is 0 Å². The lowest BCUT2D eigenvalue weighted by atomic mass is 10.1. The maximum atomic E-state index is 12.3. The molecule has 4 heteroatoms. The van der Waals surface area contributed by atoms with E-state index in [2.05, 4.69) is 0 Å². The fraction of sp³-hybridized carbons (Fsp3) is 0.0714. The van der Waals surface area contributed by atoms with Crippen LogP contribution < -0.4 is 5.73 Å². The standard InChI is InChI=1S/C14H11NO2S/c1-8-7-18-14-10(8)11(15)13(17-14)12(16)9-5-3-2-4-6-9/h2-7H,15H2,1H3. The lowest BCUT2D eigenvalue weighted by molar-refractivity contribution is 0.101. The van der Waals surface area contributed by atoms with Gasteiger partial charge < -0.3 is 10.2 Å². The molecule has 2 heterocycles. The van der Waals surface area contributed by atoms with Crippen LogP contribution in [0.2, 0.25) is 0 Å². The number of aryl methyl sites for hydroxylation is 1. The first-order chi connectivity index (χ1) is 8.68. The van der Waals surface area contributed by atoms with Gasteiger partial charge in [-0.25, -0.2) is 0 Å². The van der Waals surface area contributed by atoms with E-state index in [0.29, 0.717) is 16.1 Å². The summed E-state index contributed by atoms with van der Waals surface area (Å²) >= 11 is 1.46. The van der Waals surface area contributed by atoms with Crippen molar-refractivity contribution in [2.45, 2.75) is 6.92 Å². The summed E-state index contributed by atoms with van der Waals surface area (Å²) in [6.45, 7) is 1.96. The van der Waals surface area contributed by atoms with Crippen molar-refractivity contribution < 1.29 is 9.21 Å². The second-order valence-electron chi connectivity index (χ2n) is 4.12. The summed E-state index contributed by atoms with van der Waals surface area (Å²) in [5.74, 6) is 0.0713. The third-order valence-corrected chi connectivity index (χ3v) is 3.87. The summed E-state index contributed by atoms with van der Waals surface area (Å²) in [6.07, 6.45) is 0. The first kappa shape index (κ1) is 11.0. The molecule has 0 amide bonds. The van der Waals surface area contributed by atoms with Gasteiger partial charge in [0, 0.05) is 5.56 Å². The first-order valence-corrected chi connectivity index (χ1v) is 6.42. The lowest BCUT2D eigenvalue weighted by Gasteiger charge is -1.98. The number of anilines is 1. The molecule has 0 radical (unpaired) electrons. The Kier molecular flexibility index (Phi) is 2.45. The topological polar surface area (TPSA) is 56.2 Å². The number of carbonyl (C=O) groups excluding carboxylic acids is 1. The number of hydrogen-bond acceptors (Lipinski definition) is 4. The van der Waals surface area contributed by atoms with Gasteiger partial charge in [-0.2, -0.15) is 0 Å². The van der Waals surface area contributed by atoms with Crippen LogP contribution in [0.15, 0.2) is 40.1 Å². The Hall–Kier alpha value is -2.07. The van der Waals surface area contributed by atoms with Gasteiger partial charge >= 0.3 is 0 Å². The van der Waals surface area contributed by atoms with E-state index in [1.165, 1.54) is 11.3 Å². The summed E-state index contributed by atoms with van der Waals surface area (Å²) in [4.78, 5) is 13.0. The van der Waals surface area contributed by atoms with Crippen molar-refractivity contribution >= 4 is 33.1 Å². The predicted octanol–water partition coefficient (Wildman–Crippen LogP) is 3.62. The summed E-state index contributed by atoms with van der Waals surface area (Å²) in [7, 11) is 0. The predicted molar refractivity (Wildman–Crippen MR) is 73.1 cm³/mol. The number of fused-ring (bicyclic) bond motifs is 1. The molecule has 90 valence electrons. The van der Waals surface area contributed by atoms with Crippen molar-refractivity contribution in [2.24, 2.45) is 0 Å². The Balaban J connectivity index is 2.15. The summed E-state index contributed by atoms with van der Waals surface area (Å²) in [5.41, 5.74) is 8.09. The zero-order valence-corrected chi connectivity index (χ0v) is 10.6. The highest BCUT2D eigenvalue weighted by Gasteiger charge is 2.21. The molecular weight excluding hydrogens is 246 g/mol. The van der Waals surface area contributed by atoms with Crippen LogP contribution in [0.5, 0.6) is 0 Å². The van der Waals surface area contributed by atoms with Gasteiger partial charge in [0.05, 0.1) is 11.1 Å². The maximum Gasteiger partial charge on any atom is 0.230 e. The van der Waals surface area contributed by atoms with Gasteiger partial charge in [0.2, 0.25) is 5.78 Å². The second kappa shape index (κ2) is 3.99. The molecule has 0 saturated carbocycles. The monoisotopic (exact) mass is 257 g/mol. The van der Waals surface area contributed by atoms with E-state index in [9.17, 15) is 4.79 Å². The van der Waals surface area contributed by atoms with Crippen molar-refractivity contribution in [1.82, 2.24) is 0 Å². The quantitative estimate of drug-likeness (QED) is 0.713. The molecule has 18 heavy (non-hydrogen) atoms. The number of ketones is 1. The highest BCUT2D eigenvalue weighted by Crippen LogP contribution is 2.36. The van der Waals surface area contributed by atoms with E-state index >= 15 is 0 Å². The van der Waals surface area contributed by atoms with Crippen LogP contribution in [0.25, 0.3) is 10.3 Å². The summed E-state index contributed by atoms with van der Waals surface area (Å²) < 4.78 is 5.58. The molecule has 0 saturated heterocycles. The van der Waals surface area contributed by atoms with Crippen molar-refractivity contribution in [2.75, 3.05) is 5.73 Å². The lowest BCUT2D eigenvalue weighted by Crippen LogP contribution is -2.02. The second-order valence-corrected chi connectivity index (χ2v) is 4.96. The van der Waals surface area contributed by atoms with E-state index in [1.54, 1.807) is 12.1 Å². The molecule has 1 aromatic carbocycles. The molecular formula is C14H11NO2S. The largest absolute Gasteiger partial charge is 0.440 e. The number of carbonyl (C=O) groups is 1. The molecule has 0 atom stereocenters. The summed E-state index contributed by atoms with van der Waals surface area (Å²) in [5, 5.41) is 2.83. The van der Waals surface area contributed by atoms with Gasteiger partial charge in [-0.15, -0.1) is 11.3 Å². The first-order valence-electron chi connectivity index (χ1n) is 5.54. The number of furan rings is 1. The van der Waals surface area contributed by atoms with Gasteiger partial charge in [0.15, 0.2) is 10.7 Å². The van der Waals surface area contributed by atoms with Gasteiger partial charge in [-0.05, 0) is 17.9 Å². The van der Waals surface area contributed by atoms with E-state index in [1.807, 2.05) is 30.5 Å². The Bertz CT molecular complexity index is 725. The highest BCUT2D eigenvalue weighted by molar-refractivity contribution is 7.16. The van der Waals surface area contributed by atoms with Crippen molar-refractivity contribution in [3.8, 4) is 0 Å². The van der Waals surface area contributed by atoms with Crippen LogP contribution in [0.3, 0.4) is 0 Å². The highest BCUT2D eigenvalue weighted by atomic mass is 32.1. The molecule has 3 rings (SSSR count). The van der Waals surface area contributed by atoms with Gasteiger partial charge in [0.1, 0.15) is 0 Å². The number of benzene rings is 1. The van der Waals surface area contributed by atoms with Gasteiger partial charge in [-0.1, -0.05) is 30.3 Å². The van der Waals surface area contributed by atoms with Crippen LogP contribution in [0.1, 0.15) is 21.7 Å². The minimum absolute atomic E-state index is 0.170. The van der Waals surface area contributed by atoms with E-state index in [-0.39, 0.29) is 11.5 Å². The minimum Gasteiger partial charge on any atom is -0.440 e. The van der Waals surface area contributed by atoms with Crippen LogP contribution in [-0.4, -0.2) is 5.78 Å². The Morgan fingerprint density at radius 2 is 2.00 bits per heavy atom. The van der Waals surface area contributed by atoms with Crippen LogP contribution in [0.4, 0.5) is 5.69 Å². The van der Waals surface area contributed by atoms with Crippen molar-refractivity contribution in [3.05, 3.63) is 52.6 Å². The molecule has 0 fully saturated rings. The normalized spacial score (nSPS) is 10.9. The number of nitrogen functional groups attached to an aromatic ring is 1. The fourth-order valence-electron chi connectivity index (χ4n) is 1.97. The van der Waals surface area contributed by atoms with E-state index < -0.39 is 0 Å². The molecule has 0 aliphatic heterocycles.